The van der Waals surface area contributed by atoms with E-state index in [1.165, 1.54) is 6.92 Å². The number of urea groups is 1. The molecule has 8 nitrogen and oxygen atoms in total. The first-order chi connectivity index (χ1) is 12.1. The first-order valence-corrected chi connectivity index (χ1v) is 8.31. The molecule has 0 saturated heterocycles. The van der Waals surface area contributed by atoms with Gasteiger partial charge in [-0.25, -0.2) is 9.78 Å². The second kappa shape index (κ2) is 7.99. The number of hydrogen-bond acceptors (Lipinski definition) is 6. The first kappa shape index (κ1) is 19.4. The highest BCUT2D eigenvalue weighted by molar-refractivity contribution is 5.97. The summed E-state index contributed by atoms with van der Waals surface area (Å²) < 4.78 is 10.6. The molecule has 0 aliphatic carbocycles. The molecule has 1 heterocycles. The van der Waals surface area contributed by atoms with Gasteiger partial charge in [-0.1, -0.05) is 12.1 Å². The smallest absolute Gasteiger partial charge is 0.321 e. The normalized spacial score (nSPS) is 12.5. The van der Waals surface area contributed by atoms with Gasteiger partial charge in [0.1, 0.15) is 5.52 Å². The first-order valence-electron chi connectivity index (χ1n) is 8.31. The molecule has 1 atom stereocenters. The maximum absolute atomic E-state index is 11.9. The highest BCUT2D eigenvalue weighted by atomic mass is 16.5. The highest BCUT2D eigenvalue weighted by Gasteiger charge is 2.22. The zero-order chi connectivity index (χ0) is 19.3. The lowest BCUT2D eigenvalue weighted by molar-refractivity contribution is -0.154. The van der Waals surface area contributed by atoms with Gasteiger partial charge in [-0.05, 0) is 39.8 Å². The molecule has 1 aromatic heterocycles. The summed E-state index contributed by atoms with van der Waals surface area (Å²) in [5.41, 5.74) is 0.881. The Morgan fingerprint density at radius 1 is 1.23 bits per heavy atom. The largest absolute Gasteiger partial charge is 0.453 e. The number of aryl methyl sites for hydroxylation is 1. The number of nitrogens with zero attached hydrogens (tertiary/aromatic N) is 1. The van der Waals surface area contributed by atoms with E-state index in [4.69, 9.17) is 9.15 Å². The Labute approximate surface area is 151 Å². The van der Waals surface area contributed by atoms with Gasteiger partial charge in [0.05, 0.1) is 6.42 Å². The van der Waals surface area contributed by atoms with Crippen LogP contribution in [0.1, 0.15) is 40.0 Å². The Morgan fingerprint density at radius 3 is 2.58 bits per heavy atom. The van der Waals surface area contributed by atoms with E-state index in [2.05, 4.69) is 15.6 Å². The molecule has 1 aromatic carbocycles. The monoisotopic (exact) mass is 361 g/mol. The predicted molar refractivity (Wildman–Crippen MR) is 94.3 cm³/mol. The van der Waals surface area contributed by atoms with E-state index in [-0.39, 0.29) is 12.8 Å². The molecule has 26 heavy (non-hydrogen) atoms. The van der Waals surface area contributed by atoms with Crippen LogP contribution in [-0.4, -0.2) is 34.5 Å². The number of rotatable bonds is 5. The molecule has 0 aliphatic heterocycles. The quantitative estimate of drug-likeness (QED) is 0.791. The Morgan fingerprint density at radius 2 is 1.92 bits per heavy atom. The summed E-state index contributed by atoms with van der Waals surface area (Å²) in [4.78, 5) is 39.7. The fourth-order valence-corrected chi connectivity index (χ4v) is 2.13. The van der Waals surface area contributed by atoms with Gasteiger partial charge in [-0.2, -0.15) is 0 Å². The van der Waals surface area contributed by atoms with Gasteiger partial charge >= 0.3 is 12.0 Å². The van der Waals surface area contributed by atoms with Crippen LogP contribution < -0.4 is 10.6 Å². The van der Waals surface area contributed by atoms with Crippen molar-refractivity contribution in [1.29, 1.82) is 0 Å². The molecule has 2 aromatic rings. The number of para-hydroxylation sites is 2. The van der Waals surface area contributed by atoms with Crippen molar-refractivity contribution in [3.05, 3.63) is 30.2 Å². The van der Waals surface area contributed by atoms with Crippen LogP contribution in [0.4, 0.5) is 4.79 Å². The molecule has 0 aliphatic rings. The van der Waals surface area contributed by atoms with E-state index in [0.29, 0.717) is 17.0 Å². The van der Waals surface area contributed by atoms with E-state index in [0.717, 1.165) is 0 Å². The maximum atomic E-state index is 11.9. The third-order valence-corrected chi connectivity index (χ3v) is 3.28. The van der Waals surface area contributed by atoms with Gasteiger partial charge in [-0.3, -0.25) is 14.9 Å². The van der Waals surface area contributed by atoms with Crippen LogP contribution >= 0.6 is 0 Å². The van der Waals surface area contributed by atoms with Gasteiger partial charge in [-0.15, -0.1) is 0 Å². The molecule has 140 valence electrons. The Kier molecular flexibility index (Phi) is 5.97. The molecule has 0 bridgehead atoms. The van der Waals surface area contributed by atoms with Gasteiger partial charge in [0.15, 0.2) is 17.6 Å². The summed E-state index contributed by atoms with van der Waals surface area (Å²) >= 11 is 0. The van der Waals surface area contributed by atoms with Crippen LogP contribution in [0.25, 0.3) is 11.1 Å². The topological polar surface area (TPSA) is 111 Å². The molecule has 0 saturated carbocycles. The van der Waals surface area contributed by atoms with E-state index in [1.807, 2.05) is 18.2 Å². The highest BCUT2D eigenvalue weighted by Crippen LogP contribution is 2.15. The maximum Gasteiger partial charge on any atom is 0.321 e. The molecular formula is C18H23N3O5. The number of carbonyl (C=O) groups is 3. The van der Waals surface area contributed by atoms with Crippen molar-refractivity contribution in [2.24, 2.45) is 0 Å². The number of imide groups is 1. The van der Waals surface area contributed by atoms with E-state index in [9.17, 15) is 14.4 Å². The summed E-state index contributed by atoms with van der Waals surface area (Å²) in [5, 5.41) is 4.72. The number of fused-ring (bicyclic) bond motifs is 1. The standard InChI is InChI=1S/C18H23N3O5/c1-11(16(23)20-17(24)21-18(2,3)4)25-15(22)10-9-14-19-12-7-5-6-8-13(12)26-14/h5-8,11H,9-10H2,1-4H3,(H2,20,21,23,24)/t11-/m1/s1. The molecule has 0 unspecified atom stereocenters. The van der Waals surface area contributed by atoms with Crippen molar-refractivity contribution in [2.45, 2.75) is 52.2 Å². The predicted octanol–water partition coefficient (Wildman–Crippen LogP) is 2.32. The minimum absolute atomic E-state index is 0.0125. The SMILES string of the molecule is C[C@@H](OC(=O)CCc1nc2ccccc2o1)C(=O)NC(=O)NC(C)(C)C. The Bertz CT molecular complexity index is 774. The molecule has 3 amide bonds. The summed E-state index contributed by atoms with van der Waals surface area (Å²) in [6, 6.07) is 6.65. The van der Waals surface area contributed by atoms with E-state index in [1.54, 1.807) is 26.8 Å². The van der Waals surface area contributed by atoms with Crippen molar-refractivity contribution in [1.82, 2.24) is 15.6 Å². The third kappa shape index (κ3) is 5.87. The molecule has 0 fully saturated rings. The van der Waals surface area contributed by atoms with Crippen LogP contribution in [0.15, 0.2) is 28.7 Å². The molecule has 8 heteroatoms. The van der Waals surface area contributed by atoms with Crippen LogP contribution in [0.3, 0.4) is 0 Å². The van der Waals surface area contributed by atoms with Crippen molar-refractivity contribution in [3.63, 3.8) is 0 Å². The summed E-state index contributed by atoms with van der Waals surface area (Å²) in [7, 11) is 0. The van der Waals surface area contributed by atoms with Crippen molar-refractivity contribution < 1.29 is 23.5 Å². The second-order valence-corrected chi connectivity index (χ2v) is 6.90. The Hall–Kier alpha value is -2.90. The fourth-order valence-electron chi connectivity index (χ4n) is 2.13. The number of oxazole rings is 1. The molecule has 2 N–H and O–H groups in total. The number of ether oxygens (including phenoxy) is 1. The van der Waals surface area contributed by atoms with Crippen molar-refractivity contribution in [3.8, 4) is 0 Å². The minimum Gasteiger partial charge on any atom is -0.453 e. The van der Waals surface area contributed by atoms with Gasteiger partial charge in [0.2, 0.25) is 0 Å². The minimum atomic E-state index is -1.09. The number of carbonyl (C=O) groups excluding carboxylic acids is 3. The molecular weight excluding hydrogens is 338 g/mol. The number of hydrogen-bond donors (Lipinski definition) is 2. The number of aromatic nitrogens is 1. The Balaban J connectivity index is 1.79. The average molecular weight is 361 g/mol. The fraction of sp³-hybridized carbons (Fsp3) is 0.444. The van der Waals surface area contributed by atoms with Crippen LogP contribution in [0, 0.1) is 0 Å². The van der Waals surface area contributed by atoms with E-state index >= 15 is 0 Å². The summed E-state index contributed by atoms with van der Waals surface area (Å²) in [6.07, 6.45) is -0.817. The zero-order valence-corrected chi connectivity index (χ0v) is 15.3. The summed E-state index contributed by atoms with van der Waals surface area (Å²) in [5.74, 6) is -0.849. The van der Waals surface area contributed by atoms with Crippen LogP contribution in [-0.2, 0) is 20.7 Å². The van der Waals surface area contributed by atoms with Gasteiger partial charge in [0.25, 0.3) is 5.91 Å². The van der Waals surface area contributed by atoms with Crippen LogP contribution in [0.2, 0.25) is 0 Å². The molecule has 0 radical (unpaired) electrons. The average Bonchev–Trinajstić information content (AvgIpc) is 2.93. The van der Waals surface area contributed by atoms with Gasteiger partial charge in [0, 0.05) is 12.0 Å². The number of amides is 3. The van der Waals surface area contributed by atoms with Crippen molar-refractivity contribution >= 4 is 29.0 Å². The lowest BCUT2D eigenvalue weighted by Gasteiger charge is -2.21. The number of esters is 1. The van der Waals surface area contributed by atoms with Crippen molar-refractivity contribution in [2.75, 3.05) is 0 Å². The molecule has 0 spiro atoms. The molecule has 2 rings (SSSR count). The lowest BCUT2D eigenvalue weighted by atomic mass is 10.1. The third-order valence-electron chi connectivity index (χ3n) is 3.28. The number of benzene rings is 1. The number of nitrogens with one attached hydrogen (secondary N) is 2. The lowest BCUT2D eigenvalue weighted by Crippen LogP contribution is -2.50. The second-order valence-electron chi connectivity index (χ2n) is 6.90. The van der Waals surface area contributed by atoms with E-state index < -0.39 is 29.6 Å². The van der Waals surface area contributed by atoms with Crippen LogP contribution in [0.5, 0.6) is 0 Å². The summed E-state index contributed by atoms with van der Waals surface area (Å²) in [6.45, 7) is 6.75. The zero-order valence-electron chi connectivity index (χ0n) is 15.3. The van der Waals surface area contributed by atoms with Gasteiger partial charge < -0.3 is 14.5 Å².